The topological polar surface area (TPSA) is 124 Å². The lowest BCUT2D eigenvalue weighted by atomic mass is 10.0. The maximum Gasteiger partial charge on any atom is 0.335 e. The number of hydrogen-bond acceptors (Lipinski definition) is 6. The number of benzodiazepines with no additional fused rings is 1. The van der Waals surface area contributed by atoms with Gasteiger partial charge in [-0.15, -0.1) is 0 Å². The quantitative estimate of drug-likeness (QED) is 0.371. The largest absolute Gasteiger partial charge is 0.378 e. The summed E-state index contributed by atoms with van der Waals surface area (Å²) in [5.41, 5.74) is 8.66. The first-order valence-electron chi connectivity index (χ1n) is 13.2. The molecule has 1 saturated heterocycles. The van der Waals surface area contributed by atoms with E-state index in [0.717, 1.165) is 29.9 Å². The maximum absolute atomic E-state index is 13.0. The second-order valence-electron chi connectivity index (χ2n) is 9.25. The summed E-state index contributed by atoms with van der Waals surface area (Å²) >= 11 is 0. The van der Waals surface area contributed by atoms with Gasteiger partial charge in [-0.1, -0.05) is 72.8 Å². The summed E-state index contributed by atoms with van der Waals surface area (Å²) < 4.78 is 5.44. The smallest absolute Gasteiger partial charge is 0.335 e. The molecular weight excluding hydrogens is 520 g/mol. The van der Waals surface area contributed by atoms with Crippen LogP contribution in [0.15, 0.2) is 108 Å². The molecule has 10 heteroatoms. The summed E-state index contributed by atoms with van der Waals surface area (Å²) in [4.78, 5) is 45.5. The number of anilines is 2. The van der Waals surface area contributed by atoms with E-state index in [0.29, 0.717) is 30.2 Å². The van der Waals surface area contributed by atoms with Gasteiger partial charge in [0.25, 0.3) is 11.8 Å². The number of benzene rings is 2. The van der Waals surface area contributed by atoms with Gasteiger partial charge in [-0.25, -0.2) is 15.2 Å². The number of hydrogen-bond donors (Lipinski definition) is 4. The van der Waals surface area contributed by atoms with Gasteiger partial charge in [0.15, 0.2) is 0 Å². The lowest BCUT2D eigenvalue weighted by Gasteiger charge is -2.28. The van der Waals surface area contributed by atoms with Gasteiger partial charge in [0, 0.05) is 35.5 Å². The van der Waals surface area contributed by atoms with Gasteiger partial charge in [-0.05, 0) is 30.3 Å². The highest BCUT2D eigenvalue weighted by Gasteiger charge is 2.27. The van der Waals surface area contributed by atoms with Crippen molar-refractivity contribution >= 4 is 34.9 Å². The lowest BCUT2D eigenvalue weighted by molar-refractivity contribution is -0.117. The fraction of sp³-hybridized carbons (Fsp3) is 0.161. The van der Waals surface area contributed by atoms with Crippen molar-refractivity contribution in [1.82, 2.24) is 16.2 Å². The molecule has 4 N–H and O–H groups in total. The van der Waals surface area contributed by atoms with Gasteiger partial charge in [0.2, 0.25) is 6.17 Å². The van der Waals surface area contributed by atoms with Crippen LogP contribution in [0.5, 0.6) is 0 Å². The van der Waals surface area contributed by atoms with E-state index >= 15 is 0 Å². The first-order valence-corrected chi connectivity index (χ1v) is 13.2. The van der Waals surface area contributed by atoms with E-state index in [1.807, 2.05) is 78.9 Å². The molecule has 1 atom stereocenters. The monoisotopic (exact) mass is 550 g/mol. The van der Waals surface area contributed by atoms with E-state index < -0.39 is 24.0 Å². The molecule has 2 heterocycles. The van der Waals surface area contributed by atoms with Gasteiger partial charge in [0.1, 0.15) is 0 Å². The second kappa shape index (κ2) is 13.2. The molecule has 1 unspecified atom stereocenters. The molecule has 0 spiro atoms. The van der Waals surface area contributed by atoms with Crippen LogP contribution in [0.4, 0.5) is 16.2 Å². The Morgan fingerprint density at radius 2 is 1.49 bits per heavy atom. The number of para-hydroxylation sites is 1. The molecule has 2 aliphatic heterocycles. The average Bonchev–Trinajstić information content (AvgIpc) is 3.15. The Bertz CT molecular complexity index is 1500. The van der Waals surface area contributed by atoms with Gasteiger partial charge in [-0.2, -0.15) is 0 Å². The zero-order valence-electron chi connectivity index (χ0n) is 22.2. The second-order valence-corrected chi connectivity index (χ2v) is 9.25. The van der Waals surface area contributed by atoms with Crippen molar-refractivity contribution in [2.45, 2.75) is 6.17 Å². The Morgan fingerprint density at radius 3 is 2.29 bits per heavy atom. The number of nitrogens with one attached hydrogen (secondary N) is 4. The molecule has 3 aromatic carbocycles. The molecule has 0 radical (unpaired) electrons. The van der Waals surface area contributed by atoms with Crippen LogP contribution in [-0.2, 0) is 9.53 Å². The van der Waals surface area contributed by atoms with Crippen molar-refractivity contribution in [3.8, 4) is 0 Å². The third-order valence-electron chi connectivity index (χ3n) is 6.50. The molecule has 0 bridgehead atoms. The minimum Gasteiger partial charge on any atom is -0.378 e. The summed E-state index contributed by atoms with van der Waals surface area (Å²) in [5.74, 6) is -1.04. The van der Waals surface area contributed by atoms with E-state index in [2.05, 4.69) is 31.4 Å². The van der Waals surface area contributed by atoms with Gasteiger partial charge >= 0.3 is 6.03 Å². The standard InChI is InChI=1S/C31H30N6O4/c38-29(23-12-4-1-2-7-13-24(17-16-23)37-18-20-41-21-19-37)35-36-31(40)34-28-30(39)32-26-15-9-8-14-25(26)27(33-28)22-10-5-3-6-11-22/h1-17,28H,18-21H2,(H,32,39)(H,35,38)(H2,34,36,40). The third-order valence-corrected chi connectivity index (χ3v) is 6.50. The SMILES string of the molecule is O=C(NNC(=O)c1ccccccc(N2CCOCC2)cc1)NC1N=C(c2ccccc2)c2ccccc2NC1=O. The molecule has 5 rings (SSSR count). The molecule has 0 aliphatic carbocycles. The van der Waals surface area contributed by atoms with Gasteiger partial charge < -0.3 is 20.3 Å². The Kier molecular flexibility index (Phi) is 8.82. The van der Waals surface area contributed by atoms with Crippen molar-refractivity contribution in [2.24, 2.45) is 4.99 Å². The highest BCUT2D eigenvalue weighted by molar-refractivity contribution is 6.19. The van der Waals surface area contributed by atoms with E-state index in [-0.39, 0.29) is 0 Å². The number of carbonyl (C=O) groups excluding carboxylic acids is 3. The number of hydrazine groups is 1. The Hall–Kier alpha value is -5.22. The molecule has 208 valence electrons. The predicted molar refractivity (Wildman–Crippen MR) is 157 cm³/mol. The number of morpholine rings is 1. The first-order chi connectivity index (χ1) is 20.1. The average molecular weight is 551 g/mol. The lowest BCUT2D eigenvalue weighted by Crippen LogP contribution is -2.52. The molecular formula is C31H30N6O4. The zero-order chi connectivity index (χ0) is 28.4. The van der Waals surface area contributed by atoms with E-state index in [9.17, 15) is 14.4 Å². The fourth-order valence-corrected chi connectivity index (χ4v) is 4.44. The van der Waals surface area contributed by atoms with Crippen LogP contribution in [0.3, 0.4) is 0 Å². The van der Waals surface area contributed by atoms with Crippen molar-refractivity contribution in [3.05, 3.63) is 120 Å². The number of ether oxygens (including phenoxy) is 1. The van der Waals surface area contributed by atoms with E-state index in [4.69, 9.17) is 4.74 Å². The number of nitrogens with zero attached hydrogens (tertiary/aromatic N) is 2. The summed E-state index contributed by atoms with van der Waals surface area (Å²) in [7, 11) is 0. The summed E-state index contributed by atoms with van der Waals surface area (Å²) in [6.45, 7) is 2.78. The molecule has 41 heavy (non-hydrogen) atoms. The maximum atomic E-state index is 13.0. The van der Waals surface area contributed by atoms with E-state index in [1.165, 1.54) is 0 Å². The summed E-state index contributed by atoms with van der Waals surface area (Å²) in [6, 6.07) is 30.4. The van der Waals surface area contributed by atoms with Crippen LogP contribution in [0, 0.1) is 0 Å². The molecule has 3 aromatic rings. The third kappa shape index (κ3) is 7.06. The summed E-state index contributed by atoms with van der Waals surface area (Å²) in [6.07, 6.45) is -1.24. The Morgan fingerprint density at radius 1 is 0.805 bits per heavy atom. The molecule has 4 amide bonds. The van der Waals surface area contributed by atoms with Crippen LogP contribution in [0.25, 0.3) is 0 Å². The predicted octanol–water partition coefficient (Wildman–Crippen LogP) is 3.41. The van der Waals surface area contributed by atoms with Crippen molar-refractivity contribution < 1.29 is 19.1 Å². The number of carbonyl (C=O) groups is 3. The minimum absolute atomic E-state index is 0.322. The zero-order valence-corrected chi connectivity index (χ0v) is 22.2. The van der Waals surface area contributed by atoms with Crippen LogP contribution in [0.1, 0.15) is 21.5 Å². The highest BCUT2D eigenvalue weighted by Crippen LogP contribution is 2.23. The molecule has 10 nitrogen and oxygen atoms in total. The van der Waals surface area contributed by atoms with Crippen molar-refractivity contribution in [1.29, 1.82) is 0 Å². The number of fused-ring (bicyclic) bond motifs is 1. The first kappa shape index (κ1) is 27.4. The van der Waals surface area contributed by atoms with Crippen LogP contribution in [0.2, 0.25) is 0 Å². The van der Waals surface area contributed by atoms with E-state index in [1.54, 1.807) is 24.3 Å². The number of rotatable bonds is 4. The fourth-order valence-electron chi connectivity index (χ4n) is 4.44. The number of amides is 4. The van der Waals surface area contributed by atoms with Crippen LogP contribution >= 0.6 is 0 Å². The van der Waals surface area contributed by atoms with Crippen molar-refractivity contribution in [3.63, 3.8) is 0 Å². The normalized spacial score (nSPS) is 16.1. The Labute approximate surface area is 237 Å². The molecule has 0 saturated carbocycles. The van der Waals surface area contributed by atoms with Gasteiger partial charge in [0.05, 0.1) is 24.6 Å². The van der Waals surface area contributed by atoms with Gasteiger partial charge in [-0.3, -0.25) is 15.0 Å². The highest BCUT2D eigenvalue weighted by atomic mass is 16.5. The summed E-state index contributed by atoms with van der Waals surface area (Å²) in [5, 5.41) is 5.36. The molecule has 2 aliphatic rings. The number of urea groups is 1. The Balaban J connectivity index is 1.30. The van der Waals surface area contributed by atoms with Crippen LogP contribution < -0.4 is 26.4 Å². The number of aliphatic imine (C=N–C) groups is 1. The van der Waals surface area contributed by atoms with Crippen molar-refractivity contribution in [2.75, 3.05) is 36.5 Å². The minimum atomic E-state index is -1.24. The molecule has 1 fully saturated rings. The molecule has 0 aromatic heterocycles. The van der Waals surface area contributed by atoms with Crippen LogP contribution in [-0.4, -0.2) is 56.0 Å².